The number of aliphatic hydroxyl groups is 1. The van der Waals surface area contributed by atoms with Crippen molar-refractivity contribution < 1.29 is 19.4 Å². The Hall–Kier alpha value is -1.95. The second-order valence-electron chi connectivity index (χ2n) is 5.05. The molecule has 2 rings (SSSR count). The monoisotopic (exact) mass is 280 g/mol. The summed E-state index contributed by atoms with van der Waals surface area (Å²) in [5.74, 6) is 0.528. The van der Waals surface area contributed by atoms with Crippen LogP contribution in [0.2, 0.25) is 0 Å². The van der Waals surface area contributed by atoms with Crippen molar-refractivity contribution in [1.29, 1.82) is 0 Å². The van der Waals surface area contributed by atoms with Gasteiger partial charge in [-0.3, -0.25) is 4.79 Å². The third-order valence-corrected chi connectivity index (χ3v) is 3.68. The summed E-state index contributed by atoms with van der Waals surface area (Å²) in [6.45, 7) is 0.227. The van der Waals surface area contributed by atoms with Crippen LogP contribution in [0.4, 0.5) is 5.69 Å². The Kier molecular flexibility index (Phi) is 4.04. The molecular weight excluding hydrogens is 260 g/mol. The maximum atomic E-state index is 12.2. The molecule has 0 radical (unpaired) electrons. The Morgan fingerprint density at radius 3 is 2.60 bits per heavy atom. The molecule has 0 atom stereocenters. The maximum Gasteiger partial charge on any atom is 0.253 e. The predicted octanol–water partition coefficient (Wildman–Crippen LogP) is 0.931. The second kappa shape index (κ2) is 5.58. The summed E-state index contributed by atoms with van der Waals surface area (Å²) in [5, 5.41) is 12.7. The fraction of sp³-hybridized carbons (Fsp3) is 0.500. The number of carbonyl (C=O) groups excluding carboxylic acids is 1. The minimum atomic E-state index is -0.770. The van der Waals surface area contributed by atoms with Gasteiger partial charge in [0.25, 0.3) is 5.91 Å². The number of ether oxygens (including phenoxy) is 2. The van der Waals surface area contributed by atoms with Crippen molar-refractivity contribution in [2.75, 3.05) is 26.5 Å². The number of carbonyl (C=O) groups is 1. The normalized spacial score (nSPS) is 16.1. The summed E-state index contributed by atoms with van der Waals surface area (Å²) in [6.07, 6.45) is 2.41. The number of nitrogens with one attached hydrogen (secondary N) is 1. The van der Waals surface area contributed by atoms with E-state index in [9.17, 15) is 9.90 Å². The van der Waals surface area contributed by atoms with E-state index in [-0.39, 0.29) is 23.7 Å². The molecule has 0 saturated heterocycles. The minimum Gasteiger partial charge on any atom is -0.497 e. The highest BCUT2D eigenvalue weighted by Gasteiger charge is 2.34. The number of anilines is 1. The minimum absolute atomic E-state index is 0.227. The molecule has 1 aromatic rings. The molecule has 6 nitrogen and oxygen atoms in total. The number of benzene rings is 1. The van der Waals surface area contributed by atoms with Crippen LogP contribution in [0.15, 0.2) is 12.1 Å². The van der Waals surface area contributed by atoms with Gasteiger partial charge >= 0.3 is 0 Å². The van der Waals surface area contributed by atoms with E-state index in [0.29, 0.717) is 24.3 Å². The molecule has 0 spiro atoms. The van der Waals surface area contributed by atoms with E-state index in [4.69, 9.17) is 15.2 Å². The molecule has 1 saturated carbocycles. The number of nitrogens with two attached hydrogens (primary N) is 1. The number of rotatable bonds is 5. The summed E-state index contributed by atoms with van der Waals surface area (Å²) in [4.78, 5) is 12.2. The fourth-order valence-electron chi connectivity index (χ4n) is 2.18. The van der Waals surface area contributed by atoms with E-state index in [1.807, 2.05) is 0 Å². The summed E-state index contributed by atoms with van der Waals surface area (Å²) in [7, 11) is 2.98. The number of amides is 1. The van der Waals surface area contributed by atoms with Gasteiger partial charge in [0.2, 0.25) is 0 Å². The molecular formula is C14H20N2O4. The van der Waals surface area contributed by atoms with Crippen molar-refractivity contribution in [3.8, 4) is 11.5 Å². The molecule has 1 amide bonds. The van der Waals surface area contributed by atoms with E-state index in [1.54, 1.807) is 12.1 Å². The quantitative estimate of drug-likeness (QED) is 0.698. The van der Waals surface area contributed by atoms with E-state index >= 15 is 0 Å². The third-order valence-electron chi connectivity index (χ3n) is 3.68. The molecule has 0 unspecified atom stereocenters. The van der Waals surface area contributed by atoms with Gasteiger partial charge in [-0.05, 0) is 25.3 Å². The van der Waals surface area contributed by atoms with Crippen LogP contribution in [-0.4, -0.2) is 37.4 Å². The summed E-state index contributed by atoms with van der Waals surface area (Å²) < 4.78 is 10.2. The van der Waals surface area contributed by atoms with Crippen LogP contribution < -0.4 is 20.5 Å². The van der Waals surface area contributed by atoms with Gasteiger partial charge in [-0.1, -0.05) is 0 Å². The van der Waals surface area contributed by atoms with Gasteiger partial charge in [0.05, 0.1) is 31.1 Å². The summed E-state index contributed by atoms with van der Waals surface area (Å²) in [5.41, 5.74) is 5.67. The topological polar surface area (TPSA) is 93.8 Å². The molecule has 110 valence electrons. The van der Waals surface area contributed by atoms with E-state index in [1.165, 1.54) is 14.2 Å². The highest BCUT2D eigenvalue weighted by Crippen LogP contribution is 2.32. The van der Waals surface area contributed by atoms with Gasteiger partial charge < -0.3 is 25.6 Å². The zero-order valence-corrected chi connectivity index (χ0v) is 11.7. The Morgan fingerprint density at radius 1 is 1.40 bits per heavy atom. The Bertz CT molecular complexity index is 512. The van der Waals surface area contributed by atoms with Crippen molar-refractivity contribution in [1.82, 2.24) is 5.32 Å². The van der Waals surface area contributed by atoms with Gasteiger partial charge in [0.1, 0.15) is 11.5 Å². The lowest BCUT2D eigenvalue weighted by Gasteiger charge is -2.36. The van der Waals surface area contributed by atoms with Crippen molar-refractivity contribution in [3.63, 3.8) is 0 Å². The number of nitrogen functional groups attached to an aromatic ring is 1. The molecule has 1 aliphatic rings. The SMILES string of the molecule is COc1cc(OC)c(N)c(C(=O)NCC2(O)CCC2)c1. The van der Waals surface area contributed by atoms with Crippen LogP contribution in [0, 0.1) is 0 Å². The van der Waals surface area contributed by atoms with E-state index in [0.717, 1.165) is 6.42 Å². The van der Waals surface area contributed by atoms with Gasteiger partial charge in [0, 0.05) is 12.6 Å². The third kappa shape index (κ3) is 2.80. The lowest BCUT2D eigenvalue weighted by Crippen LogP contribution is -2.47. The molecule has 0 aromatic heterocycles. The van der Waals surface area contributed by atoms with Crippen LogP contribution >= 0.6 is 0 Å². The molecule has 20 heavy (non-hydrogen) atoms. The van der Waals surface area contributed by atoms with E-state index < -0.39 is 5.60 Å². The average molecular weight is 280 g/mol. The largest absolute Gasteiger partial charge is 0.497 e. The number of hydrogen-bond acceptors (Lipinski definition) is 5. The molecule has 6 heteroatoms. The van der Waals surface area contributed by atoms with Gasteiger partial charge in [0.15, 0.2) is 0 Å². The van der Waals surface area contributed by atoms with Gasteiger partial charge in [-0.25, -0.2) is 0 Å². The van der Waals surface area contributed by atoms with Crippen molar-refractivity contribution in [3.05, 3.63) is 17.7 Å². The first-order chi connectivity index (χ1) is 9.49. The zero-order valence-electron chi connectivity index (χ0n) is 11.7. The maximum absolute atomic E-state index is 12.2. The first kappa shape index (κ1) is 14.5. The smallest absolute Gasteiger partial charge is 0.253 e. The molecule has 1 aliphatic carbocycles. The predicted molar refractivity (Wildman–Crippen MR) is 75.1 cm³/mol. The first-order valence-electron chi connectivity index (χ1n) is 6.51. The molecule has 0 bridgehead atoms. The van der Waals surface area contributed by atoms with Crippen molar-refractivity contribution in [2.45, 2.75) is 24.9 Å². The van der Waals surface area contributed by atoms with Gasteiger partial charge in [-0.15, -0.1) is 0 Å². The highest BCUT2D eigenvalue weighted by atomic mass is 16.5. The van der Waals surface area contributed by atoms with Crippen molar-refractivity contribution in [2.24, 2.45) is 0 Å². The standard InChI is InChI=1S/C14H20N2O4/c1-19-9-6-10(12(15)11(7-9)20-2)13(17)16-8-14(18)4-3-5-14/h6-7,18H,3-5,8,15H2,1-2H3,(H,16,17). The van der Waals surface area contributed by atoms with Crippen LogP contribution in [0.1, 0.15) is 29.6 Å². The van der Waals surface area contributed by atoms with Crippen LogP contribution in [0.25, 0.3) is 0 Å². The Labute approximate surface area is 117 Å². The molecule has 0 heterocycles. The second-order valence-corrected chi connectivity index (χ2v) is 5.05. The number of hydrogen-bond donors (Lipinski definition) is 3. The Morgan fingerprint density at radius 2 is 2.10 bits per heavy atom. The first-order valence-corrected chi connectivity index (χ1v) is 6.51. The molecule has 1 aromatic carbocycles. The lowest BCUT2D eigenvalue weighted by atomic mass is 9.80. The van der Waals surface area contributed by atoms with Gasteiger partial charge in [-0.2, -0.15) is 0 Å². The zero-order chi connectivity index (χ0) is 14.8. The Balaban J connectivity index is 2.15. The fourth-order valence-corrected chi connectivity index (χ4v) is 2.18. The average Bonchev–Trinajstić information content (AvgIpc) is 2.43. The molecule has 1 fully saturated rings. The number of methoxy groups -OCH3 is 2. The molecule has 0 aliphatic heterocycles. The highest BCUT2D eigenvalue weighted by molar-refractivity contribution is 6.01. The van der Waals surface area contributed by atoms with Crippen molar-refractivity contribution >= 4 is 11.6 Å². The lowest BCUT2D eigenvalue weighted by molar-refractivity contribution is -0.0300. The molecule has 4 N–H and O–H groups in total. The van der Waals surface area contributed by atoms with Crippen LogP contribution in [0.3, 0.4) is 0 Å². The summed E-state index contributed by atoms with van der Waals surface area (Å²) >= 11 is 0. The van der Waals surface area contributed by atoms with Crippen LogP contribution in [0.5, 0.6) is 11.5 Å². The summed E-state index contributed by atoms with van der Waals surface area (Å²) in [6, 6.07) is 3.17. The van der Waals surface area contributed by atoms with Crippen LogP contribution in [-0.2, 0) is 0 Å². The van der Waals surface area contributed by atoms with E-state index in [2.05, 4.69) is 5.32 Å².